The van der Waals surface area contributed by atoms with E-state index in [1.807, 2.05) is 13.8 Å². The average molecular weight is 238 g/mol. The van der Waals surface area contributed by atoms with Crippen LogP contribution in [0, 0.1) is 0 Å². The van der Waals surface area contributed by atoms with E-state index in [1.165, 1.54) is 4.31 Å². The minimum atomic E-state index is -3.16. The SMILES string of the molecule is CCNCCS(=O)(=O)N(C)C(C)COC. The first kappa shape index (κ1) is 14.8. The lowest BCUT2D eigenvalue weighted by Gasteiger charge is -2.23. The summed E-state index contributed by atoms with van der Waals surface area (Å²) in [6, 6.07) is -0.123. The Balaban J connectivity index is 4.19. The lowest BCUT2D eigenvalue weighted by atomic mass is 10.4. The predicted molar refractivity (Wildman–Crippen MR) is 61.4 cm³/mol. The van der Waals surface area contributed by atoms with E-state index >= 15 is 0 Å². The molecular formula is C9H22N2O3S. The fourth-order valence-corrected chi connectivity index (χ4v) is 2.44. The number of ether oxygens (including phenoxy) is 1. The minimum absolute atomic E-state index is 0.123. The maximum absolute atomic E-state index is 11.8. The first-order chi connectivity index (χ1) is 6.95. The molecule has 92 valence electrons. The van der Waals surface area contributed by atoms with Gasteiger partial charge in [-0.05, 0) is 13.5 Å². The van der Waals surface area contributed by atoms with Crippen LogP contribution in [0.5, 0.6) is 0 Å². The molecule has 0 bridgehead atoms. The molecule has 15 heavy (non-hydrogen) atoms. The molecule has 0 aliphatic rings. The summed E-state index contributed by atoms with van der Waals surface area (Å²) in [6.07, 6.45) is 0. The molecule has 0 aromatic carbocycles. The molecule has 5 nitrogen and oxygen atoms in total. The van der Waals surface area contributed by atoms with Crippen molar-refractivity contribution >= 4 is 10.0 Å². The summed E-state index contributed by atoms with van der Waals surface area (Å²) < 4.78 is 29.8. The molecule has 0 rings (SSSR count). The molecule has 0 aromatic heterocycles. The molecule has 0 spiro atoms. The van der Waals surface area contributed by atoms with Gasteiger partial charge in [-0.3, -0.25) is 0 Å². The van der Waals surface area contributed by atoms with Crippen molar-refractivity contribution in [2.75, 3.05) is 39.6 Å². The van der Waals surface area contributed by atoms with Gasteiger partial charge in [-0.25, -0.2) is 8.42 Å². The molecule has 0 aromatic rings. The van der Waals surface area contributed by atoms with E-state index in [4.69, 9.17) is 4.74 Å². The van der Waals surface area contributed by atoms with Crippen molar-refractivity contribution < 1.29 is 13.2 Å². The quantitative estimate of drug-likeness (QED) is 0.600. The van der Waals surface area contributed by atoms with Crippen LogP contribution in [0.25, 0.3) is 0 Å². The second kappa shape index (κ2) is 7.16. The zero-order chi connectivity index (χ0) is 11.9. The number of nitrogens with zero attached hydrogens (tertiary/aromatic N) is 1. The van der Waals surface area contributed by atoms with Crippen molar-refractivity contribution in [1.29, 1.82) is 0 Å². The lowest BCUT2D eigenvalue weighted by molar-refractivity contribution is 0.149. The topological polar surface area (TPSA) is 58.6 Å². The van der Waals surface area contributed by atoms with Crippen LogP contribution in [0.15, 0.2) is 0 Å². The minimum Gasteiger partial charge on any atom is -0.383 e. The monoisotopic (exact) mass is 238 g/mol. The summed E-state index contributed by atoms with van der Waals surface area (Å²) in [5.41, 5.74) is 0. The van der Waals surface area contributed by atoms with Crippen LogP contribution >= 0.6 is 0 Å². The van der Waals surface area contributed by atoms with Gasteiger partial charge < -0.3 is 10.1 Å². The summed E-state index contributed by atoms with van der Waals surface area (Å²) in [6.45, 7) is 5.46. The van der Waals surface area contributed by atoms with Crippen LogP contribution in [0.3, 0.4) is 0 Å². The fourth-order valence-electron chi connectivity index (χ4n) is 1.14. The molecule has 6 heteroatoms. The molecule has 0 amide bonds. The van der Waals surface area contributed by atoms with Gasteiger partial charge in [0.15, 0.2) is 0 Å². The van der Waals surface area contributed by atoms with Gasteiger partial charge in [0.2, 0.25) is 10.0 Å². The van der Waals surface area contributed by atoms with Crippen LogP contribution in [0.4, 0.5) is 0 Å². The Kier molecular flexibility index (Phi) is 7.08. The highest BCUT2D eigenvalue weighted by molar-refractivity contribution is 7.89. The molecule has 0 fully saturated rings. The Labute approximate surface area is 92.8 Å². The molecule has 0 aliphatic carbocycles. The maximum atomic E-state index is 11.8. The third-order valence-electron chi connectivity index (χ3n) is 2.25. The number of hydrogen-bond donors (Lipinski definition) is 1. The van der Waals surface area contributed by atoms with Crippen molar-refractivity contribution in [3.8, 4) is 0 Å². The Morgan fingerprint density at radius 2 is 2.07 bits per heavy atom. The Bertz CT molecular complexity index is 254. The predicted octanol–water partition coefficient (Wildman–Crippen LogP) is -0.108. The van der Waals surface area contributed by atoms with Gasteiger partial charge in [-0.2, -0.15) is 4.31 Å². The smallest absolute Gasteiger partial charge is 0.215 e. The van der Waals surface area contributed by atoms with Crippen molar-refractivity contribution in [2.24, 2.45) is 0 Å². The molecule has 1 atom stereocenters. The van der Waals surface area contributed by atoms with Gasteiger partial charge in [0.05, 0.1) is 12.4 Å². The Morgan fingerprint density at radius 1 is 1.47 bits per heavy atom. The van der Waals surface area contributed by atoms with Gasteiger partial charge in [0.1, 0.15) is 0 Å². The molecule has 1 N–H and O–H groups in total. The summed E-state index contributed by atoms with van der Waals surface area (Å²) in [7, 11) is -0.00979. The first-order valence-electron chi connectivity index (χ1n) is 5.11. The summed E-state index contributed by atoms with van der Waals surface area (Å²) >= 11 is 0. The van der Waals surface area contributed by atoms with Gasteiger partial charge >= 0.3 is 0 Å². The van der Waals surface area contributed by atoms with Crippen LogP contribution in [0.2, 0.25) is 0 Å². The zero-order valence-electron chi connectivity index (χ0n) is 9.99. The molecular weight excluding hydrogens is 216 g/mol. The first-order valence-corrected chi connectivity index (χ1v) is 6.72. The second-order valence-corrected chi connectivity index (χ2v) is 5.64. The molecule has 0 saturated heterocycles. The Morgan fingerprint density at radius 3 is 2.53 bits per heavy atom. The van der Waals surface area contributed by atoms with Crippen molar-refractivity contribution in [2.45, 2.75) is 19.9 Å². The zero-order valence-corrected chi connectivity index (χ0v) is 10.8. The van der Waals surface area contributed by atoms with Crippen LogP contribution in [0.1, 0.15) is 13.8 Å². The van der Waals surface area contributed by atoms with Crippen LogP contribution < -0.4 is 5.32 Å². The third kappa shape index (κ3) is 5.46. The number of hydrogen-bond acceptors (Lipinski definition) is 4. The highest BCUT2D eigenvalue weighted by Gasteiger charge is 2.22. The highest BCUT2D eigenvalue weighted by Crippen LogP contribution is 2.04. The molecule has 0 radical (unpaired) electrons. The van der Waals surface area contributed by atoms with Crippen molar-refractivity contribution in [3.05, 3.63) is 0 Å². The highest BCUT2D eigenvalue weighted by atomic mass is 32.2. The van der Waals surface area contributed by atoms with Crippen molar-refractivity contribution in [3.63, 3.8) is 0 Å². The van der Waals surface area contributed by atoms with E-state index < -0.39 is 10.0 Å². The van der Waals surface area contributed by atoms with Gasteiger partial charge in [-0.1, -0.05) is 6.92 Å². The average Bonchev–Trinajstić information content (AvgIpc) is 2.17. The maximum Gasteiger partial charge on any atom is 0.215 e. The number of likely N-dealkylation sites (N-methyl/N-ethyl adjacent to an activating group) is 1. The summed E-state index contributed by atoms with van der Waals surface area (Å²) in [4.78, 5) is 0. The van der Waals surface area contributed by atoms with E-state index in [2.05, 4.69) is 5.32 Å². The van der Waals surface area contributed by atoms with Crippen molar-refractivity contribution in [1.82, 2.24) is 9.62 Å². The molecule has 1 unspecified atom stereocenters. The third-order valence-corrected chi connectivity index (χ3v) is 4.21. The van der Waals surface area contributed by atoms with Crippen LogP contribution in [-0.4, -0.2) is 58.4 Å². The summed E-state index contributed by atoms with van der Waals surface area (Å²) in [5, 5.41) is 2.99. The number of methoxy groups -OCH3 is 1. The number of sulfonamides is 1. The van der Waals surface area contributed by atoms with E-state index in [1.54, 1.807) is 14.2 Å². The van der Waals surface area contributed by atoms with Gasteiger partial charge in [-0.15, -0.1) is 0 Å². The largest absolute Gasteiger partial charge is 0.383 e. The van der Waals surface area contributed by atoms with E-state index in [-0.39, 0.29) is 11.8 Å². The van der Waals surface area contributed by atoms with E-state index in [0.717, 1.165) is 6.54 Å². The molecule has 0 aliphatic heterocycles. The number of rotatable bonds is 8. The summed E-state index contributed by atoms with van der Waals surface area (Å²) in [5.74, 6) is 0.130. The standard InChI is InChI=1S/C9H22N2O3S/c1-5-10-6-7-15(12,13)11(3)9(2)8-14-4/h9-10H,5-8H2,1-4H3. The number of nitrogens with one attached hydrogen (secondary N) is 1. The second-order valence-electron chi connectivity index (χ2n) is 3.49. The van der Waals surface area contributed by atoms with Crippen LogP contribution in [-0.2, 0) is 14.8 Å². The van der Waals surface area contributed by atoms with E-state index in [0.29, 0.717) is 13.2 Å². The normalized spacial score (nSPS) is 14.5. The fraction of sp³-hybridized carbons (Fsp3) is 1.00. The molecule has 0 saturated carbocycles. The van der Waals surface area contributed by atoms with Gasteiger partial charge in [0, 0.05) is 26.7 Å². The lowest BCUT2D eigenvalue weighted by Crippen LogP contribution is -2.41. The van der Waals surface area contributed by atoms with E-state index in [9.17, 15) is 8.42 Å². The molecule has 0 heterocycles. The Hall–Kier alpha value is -0.170. The van der Waals surface area contributed by atoms with Gasteiger partial charge in [0.25, 0.3) is 0 Å².